The Morgan fingerprint density at radius 2 is 1.78 bits per heavy atom. The molecule has 0 aromatic heterocycles. The van der Waals surface area contributed by atoms with Gasteiger partial charge in [-0.2, -0.15) is 0 Å². The standard InChI is InChI=1S/C24H30O3/c1-16(2)18(4)20(13-14-25)23(26)11-9-17(3)15-19-10-12-24(27)22-8-6-5-7-21(19)22/h5-8,10,12-13,15-16,23,25-27H,4,9,11,14H2,1-3H3/b17-15+,20-13-. The molecular formula is C24H30O3. The number of aliphatic hydroxyl groups excluding tert-OH is 2. The van der Waals surface area contributed by atoms with E-state index < -0.39 is 6.10 Å². The highest BCUT2D eigenvalue weighted by Gasteiger charge is 2.16. The largest absolute Gasteiger partial charge is 0.507 e. The number of hydrogen-bond donors (Lipinski definition) is 3. The molecule has 27 heavy (non-hydrogen) atoms. The minimum absolute atomic E-state index is 0.105. The molecule has 3 N–H and O–H groups in total. The lowest BCUT2D eigenvalue weighted by molar-refractivity contribution is 0.199. The molecule has 0 aliphatic carbocycles. The number of aliphatic hydroxyl groups is 2. The first-order chi connectivity index (χ1) is 12.8. The predicted molar refractivity (Wildman–Crippen MR) is 114 cm³/mol. The van der Waals surface area contributed by atoms with Gasteiger partial charge in [-0.25, -0.2) is 0 Å². The van der Waals surface area contributed by atoms with Crippen molar-refractivity contribution in [1.82, 2.24) is 0 Å². The van der Waals surface area contributed by atoms with Crippen LogP contribution < -0.4 is 0 Å². The zero-order chi connectivity index (χ0) is 20.0. The summed E-state index contributed by atoms with van der Waals surface area (Å²) in [5, 5.41) is 31.7. The highest BCUT2D eigenvalue weighted by atomic mass is 16.3. The number of fused-ring (bicyclic) bond motifs is 1. The summed E-state index contributed by atoms with van der Waals surface area (Å²) >= 11 is 0. The van der Waals surface area contributed by atoms with Crippen LogP contribution in [0.1, 0.15) is 39.2 Å². The monoisotopic (exact) mass is 366 g/mol. The average Bonchev–Trinajstić information content (AvgIpc) is 2.66. The summed E-state index contributed by atoms with van der Waals surface area (Å²) in [6.07, 6.45) is 4.40. The molecule has 0 saturated carbocycles. The molecule has 0 fully saturated rings. The molecule has 144 valence electrons. The second-order valence-electron chi connectivity index (χ2n) is 7.29. The van der Waals surface area contributed by atoms with E-state index in [2.05, 4.69) is 12.7 Å². The number of phenols is 1. The van der Waals surface area contributed by atoms with E-state index in [4.69, 9.17) is 0 Å². The van der Waals surface area contributed by atoms with Gasteiger partial charge in [0.05, 0.1) is 12.7 Å². The molecule has 3 nitrogen and oxygen atoms in total. The van der Waals surface area contributed by atoms with Gasteiger partial charge in [0.15, 0.2) is 0 Å². The van der Waals surface area contributed by atoms with Gasteiger partial charge in [0, 0.05) is 5.39 Å². The molecule has 0 radical (unpaired) electrons. The second-order valence-corrected chi connectivity index (χ2v) is 7.29. The van der Waals surface area contributed by atoms with Crippen LogP contribution in [0.5, 0.6) is 5.75 Å². The van der Waals surface area contributed by atoms with E-state index in [1.54, 1.807) is 12.1 Å². The zero-order valence-electron chi connectivity index (χ0n) is 16.4. The first-order valence-corrected chi connectivity index (χ1v) is 9.41. The normalized spacial score (nSPS) is 14.0. The van der Waals surface area contributed by atoms with Gasteiger partial charge in [0.1, 0.15) is 5.75 Å². The van der Waals surface area contributed by atoms with Gasteiger partial charge in [0.2, 0.25) is 0 Å². The highest BCUT2D eigenvalue weighted by molar-refractivity contribution is 5.94. The third kappa shape index (κ3) is 5.31. The van der Waals surface area contributed by atoms with Gasteiger partial charge < -0.3 is 15.3 Å². The van der Waals surface area contributed by atoms with Crippen LogP contribution in [-0.2, 0) is 0 Å². The molecule has 0 saturated heterocycles. The van der Waals surface area contributed by atoms with Crippen molar-refractivity contribution in [2.75, 3.05) is 6.61 Å². The maximum atomic E-state index is 10.6. The van der Waals surface area contributed by atoms with E-state index in [-0.39, 0.29) is 18.3 Å². The average molecular weight is 367 g/mol. The van der Waals surface area contributed by atoms with Crippen LogP contribution in [-0.4, -0.2) is 28.0 Å². The fraction of sp³-hybridized carbons (Fsp3) is 0.333. The van der Waals surface area contributed by atoms with E-state index in [0.29, 0.717) is 6.42 Å². The van der Waals surface area contributed by atoms with Crippen LogP contribution in [0.2, 0.25) is 0 Å². The zero-order valence-corrected chi connectivity index (χ0v) is 16.4. The Bertz CT molecular complexity index is 859. The summed E-state index contributed by atoms with van der Waals surface area (Å²) in [5.41, 5.74) is 3.79. The molecule has 0 heterocycles. The van der Waals surface area contributed by atoms with Gasteiger partial charge >= 0.3 is 0 Å². The van der Waals surface area contributed by atoms with Crippen molar-refractivity contribution in [3.05, 3.63) is 71.3 Å². The molecular weight excluding hydrogens is 336 g/mol. The number of hydrogen-bond acceptors (Lipinski definition) is 3. The Morgan fingerprint density at radius 3 is 2.41 bits per heavy atom. The summed E-state index contributed by atoms with van der Waals surface area (Å²) < 4.78 is 0. The third-order valence-corrected chi connectivity index (χ3v) is 4.89. The van der Waals surface area contributed by atoms with Crippen molar-refractivity contribution in [3.63, 3.8) is 0 Å². The minimum atomic E-state index is -0.646. The van der Waals surface area contributed by atoms with Crippen LogP contribution in [0.4, 0.5) is 0 Å². The van der Waals surface area contributed by atoms with Gasteiger partial charge in [-0.1, -0.05) is 68.5 Å². The molecule has 0 bridgehead atoms. The lowest BCUT2D eigenvalue weighted by atomic mass is 9.90. The number of rotatable bonds is 8. The van der Waals surface area contributed by atoms with Crippen molar-refractivity contribution in [1.29, 1.82) is 0 Å². The molecule has 0 spiro atoms. The number of benzene rings is 2. The summed E-state index contributed by atoms with van der Waals surface area (Å²) in [4.78, 5) is 0. The van der Waals surface area contributed by atoms with Crippen LogP contribution in [0.3, 0.4) is 0 Å². The minimum Gasteiger partial charge on any atom is -0.507 e. The molecule has 2 aromatic rings. The van der Waals surface area contributed by atoms with E-state index in [1.165, 1.54) is 0 Å². The molecule has 0 aliphatic rings. The third-order valence-electron chi connectivity index (χ3n) is 4.89. The highest BCUT2D eigenvalue weighted by Crippen LogP contribution is 2.30. The van der Waals surface area contributed by atoms with Crippen molar-refractivity contribution < 1.29 is 15.3 Å². The van der Waals surface area contributed by atoms with Gasteiger partial charge in [0.25, 0.3) is 0 Å². The van der Waals surface area contributed by atoms with Crippen molar-refractivity contribution in [2.24, 2.45) is 5.92 Å². The van der Waals surface area contributed by atoms with E-state index in [9.17, 15) is 15.3 Å². The van der Waals surface area contributed by atoms with E-state index in [1.807, 2.05) is 51.1 Å². The molecule has 3 heteroatoms. The van der Waals surface area contributed by atoms with Crippen LogP contribution in [0.25, 0.3) is 16.8 Å². The van der Waals surface area contributed by atoms with E-state index in [0.717, 1.165) is 39.5 Å². The fourth-order valence-electron chi connectivity index (χ4n) is 3.20. The van der Waals surface area contributed by atoms with Gasteiger partial charge in [-0.15, -0.1) is 0 Å². The van der Waals surface area contributed by atoms with Crippen LogP contribution in [0.15, 0.2) is 65.8 Å². The summed E-state index contributed by atoms with van der Waals surface area (Å²) in [6, 6.07) is 11.4. The van der Waals surface area contributed by atoms with E-state index >= 15 is 0 Å². The van der Waals surface area contributed by atoms with Crippen molar-refractivity contribution >= 4 is 16.8 Å². The molecule has 0 amide bonds. The number of allylic oxidation sites excluding steroid dienone is 1. The topological polar surface area (TPSA) is 60.7 Å². The number of aromatic hydroxyl groups is 1. The Hall–Kier alpha value is -2.36. The molecule has 1 unspecified atom stereocenters. The lowest BCUT2D eigenvalue weighted by Gasteiger charge is -2.20. The summed E-state index contributed by atoms with van der Waals surface area (Å²) in [7, 11) is 0. The fourth-order valence-corrected chi connectivity index (χ4v) is 3.20. The Labute approximate surface area is 162 Å². The lowest BCUT2D eigenvalue weighted by Crippen LogP contribution is -2.15. The summed E-state index contributed by atoms with van der Waals surface area (Å²) in [5.74, 6) is 0.499. The van der Waals surface area contributed by atoms with Gasteiger partial charge in [-0.3, -0.25) is 0 Å². The SMILES string of the molecule is C=C(/C(=C/CO)C(O)CC/C(C)=C/c1ccc(O)c2ccccc12)C(C)C. The number of phenolic OH excluding ortho intramolecular Hbond substituents is 1. The van der Waals surface area contributed by atoms with Crippen molar-refractivity contribution in [3.8, 4) is 5.75 Å². The Balaban J connectivity index is 2.16. The first-order valence-electron chi connectivity index (χ1n) is 9.41. The molecule has 2 aromatic carbocycles. The Morgan fingerprint density at radius 1 is 1.11 bits per heavy atom. The van der Waals surface area contributed by atoms with Crippen LogP contribution in [0, 0.1) is 5.92 Å². The Kier molecular flexibility index (Phi) is 7.40. The molecule has 2 rings (SSSR count). The van der Waals surface area contributed by atoms with Gasteiger partial charge in [-0.05, 0) is 53.8 Å². The van der Waals surface area contributed by atoms with Crippen molar-refractivity contribution in [2.45, 2.75) is 39.7 Å². The predicted octanol–water partition coefficient (Wildman–Crippen LogP) is 5.22. The second kappa shape index (κ2) is 9.54. The first kappa shape index (κ1) is 20.9. The van der Waals surface area contributed by atoms with Crippen LogP contribution >= 0.6 is 0 Å². The maximum absolute atomic E-state index is 10.6. The molecule has 1 atom stereocenters. The quantitative estimate of drug-likeness (QED) is 0.561. The molecule has 0 aliphatic heterocycles. The maximum Gasteiger partial charge on any atom is 0.123 e. The summed E-state index contributed by atoms with van der Waals surface area (Å²) in [6.45, 7) is 10.1. The smallest absolute Gasteiger partial charge is 0.123 e.